The van der Waals surface area contributed by atoms with Crippen LogP contribution in [0.5, 0.6) is 5.75 Å². The number of hydrogen-bond acceptors (Lipinski definition) is 4. The van der Waals surface area contributed by atoms with Crippen LogP contribution in [0.2, 0.25) is 0 Å². The Balaban J connectivity index is 1.68. The molecule has 0 bridgehead atoms. The zero-order chi connectivity index (χ0) is 24.8. The van der Waals surface area contributed by atoms with Crippen LogP contribution in [-0.2, 0) is 15.7 Å². The SMILES string of the molecule is COC(=O)C=CCCCOc1ccc2nc(-c3ccccc3)n(-c3cccc(C(F)(F)F)c3)c2c1. The molecule has 0 amide bonds. The summed E-state index contributed by atoms with van der Waals surface area (Å²) in [4.78, 5) is 15.8. The van der Waals surface area contributed by atoms with Gasteiger partial charge in [-0.05, 0) is 43.2 Å². The summed E-state index contributed by atoms with van der Waals surface area (Å²) in [7, 11) is 1.32. The van der Waals surface area contributed by atoms with Crippen LogP contribution >= 0.6 is 0 Å². The van der Waals surface area contributed by atoms with Gasteiger partial charge < -0.3 is 9.47 Å². The minimum absolute atomic E-state index is 0.353. The van der Waals surface area contributed by atoms with Crippen LogP contribution < -0.4 is 4.74 Å². The molecular formula is C27H23F3N2O3. The second-order valence-corrected chi connectivity index (χ2v) is 7.75. The van der Waals surface area contributed by atoms with Crippen molar-refractivity contribution in [2.75, 3.05) is 13.7 Å². The minimum atomic E-state index is -4.46. The summed E-state index contributed by atoms with van der Waals surface area (Å²) in [6, 6.07) is 19.8. The largest absolute Gasteiger partial charge is 0.494 e. The molecule has 1 heterocycles. The highest BCUT2D eigenvalue weighted by atomic mass is 19.4. The third-order valence-electron chi connectivity index (χ3n) is 5.33. The maximum absolute atomic E-state index is 13.4. The van der Waals surface area contributed by atoms with Crippen molar-refractivity contribution in [2.24, 2.45) is 0 Å². The van der Waals surface area contributed by atoms with Crippen molar-refractivity contribution in [3.05, 3.63) is 90.5 Å². The van der Waals surface area contributed by atoms with E-state index in [2.05, 4.69) is 4.74 Å². The van der Waals surface area contributed by atoms with E-state index in [0.717, 1.165) is 17.7 Å². The van der Waals surface area contributed by atoms with E-state index in [0.29, 0.717) is 47.7 Å². The molecule has 35 heavy (non-hydrogen) atoms. The summed E-state index contributed by atoms with van der Waals surface area (Å²) in [5, 5.41) is 0. The monoisotopic (exact) mass is 480 g/mol. The Bertz CT molecular complexity index is 1350. The molecule has 0 atom stereocenters. The van der Waals surface area contributed by atoms with Gasteiger partial charge in [0, 0.05) is 23.4 Å². The average molecular weight is 480 g/mol. The van der Waals surface area contributed by atoms with Crippen molar-refractivity contribution in [1.82, 2.24) is 9.55 Å². The van der Waals surface area contributed by atoms with Crippen LogP contribution in [0.4, 0.5) is 13.2 Å². The number of allylic oxidation sites excluding steroid dienone is 1. The molecule has 3 aromatic carbocycles. The minimum Gasteiger partial charge on any atom is -0.494 e. The number of ether oxygens (including phenoxy) is 2. The topological polar surface area (TPSA) is 53.4 Å². The Morgan fingerprint density at radius 2 is 1.83 bits per heavy atom. The van der Waals surface area contributed by atoms with Gasteiger partial charge in [-0.1, -0.05) is 42.5 Å². The number of fused-ring (bicyclic) bond motifs is 1. The molecule has 0 aliphatic rings. The van der Waals surface area contributed by atoms with Crippen molar-refractivity contribution < 1.29 is 27.4 Å². The molecule has 8 heteroatoms. The summed E-state index contributed by atoms with van der Waals surface area (Å²) < 4.78 is 52.4. The van der Waals surface area contributed by atoms with E-state index in [1.165, 1.54) is 19.3 Å². The summed E-state index contributed by atoms with van der Waals surface area (Å²) in [5.74, 6) is 0.695. The molecular weight excluding hydrogens is 457 g/mol. The fraction of sp³-hybridized carbons (Fsp3) is 0.185. The second-order valence-electron chi connectivity index (χ2n) is 7.75. The number of aromatic nitrogens is 2. The predicted molar refractivity (Wildman–Crippen MR) is 127 cm³/mol. The first-order valence-electron chi connectivity index (χ1n) is 11.0. The zero-order valence-corrected chi connectivity index (χ0v) is 19.0. The van der Waals surface area contributed by atoms with Gasteiger partial charge in [-0.2, -0.15) is 13.2 Å². The summed E-state index contributed by atoms with van der Waals surface area (Å²) in [6.45, 7) is 0.403. The molecule has 0 radical (unpaired) electrons. The number of carbonyl (C=O) groups is 1. The Morgan fingerprint density at radius 3 is 2.57 bits per heavy atom. The maximum atomic E-state index is 13.4. The van der Waals surface area contributed by atoms with Gasteiger partial charge in [0.25, 0.3) is 0 Å². The number of alkyl halides is 3. The molecule has 0 aliphatic carbocycles. The van der Waals surface area contributed by atoms with Crippen LogP contribution in [0.1, 0.15) is 18.4 Å². The van der Waals surface area contributed by atoms with E-state index in [1.54, 1.807) is 34.9 Å². The van der Waals surface area contributed by atoms with Crippen molar-refractivity contribution in [2.45, 2.75) is 19.0 Å². The summed E-state index contributed by atoms with van der Waals surface area (Å²) in [5.41, 5.74) is 1.66. The van der Waals surface area contributed by atoms with E-state index < -0.39 is 17.7 Å². The van der Waals surface area contributed by atoms with Gasteiger partial charge in [-0.25, -0.2) is 9.78 Å². The predicted octanol–water partition coefficient (Wildman–Crippen LogP) is 6.60. The van der Waals surface area contributed by atoms with Gasteiger partial charge in [0.1, 0.15) is 11.6 Å². The first-order chi connectivity index (χ1) is 16.9. The molecule has 0 saturated carbocycles. The third-order valence-corrected chi connectivity index (χ3v) is 5.33. The average Bonchev–Trinajstić information content (AvgIpc) is 3.25. The number of methoxy groups -OCH3 is 1. The zero-order valence-electron chi connectivity index (χ0n) is 19.0. The van der Waals surface area contributed by atoms with Crippen molar-refractivity contribution in [3.8, 4) is 22.8 Å². The van der Waals surface area contributed by atoms with Gasteiger partial charge in [0.05, 0.1) is 30.3 Å². The van der Waals surface area contributed by atoms with Crippen molar-refractivity contribution >= 4 is 17.0 Å². The first kappa shape index (κ1) is 24.1. The van der Waals surface area contributed by atoms with Crippen molar-refractivity contribution in [1.29, 1.82) is 0 Å². The Kier molecular flexibility index (Phi) is 7.19. The van der Waals surface area contributed by atoms with Crippen LogP contribution in [0, 0.1) is 0 Å². The number of nitrogens with zero attached hydrogens (tertiary/aromatic N) is 2. The van der Waals surface area contributed by atoms with E-state index >= 15 is 0 Å². The molecule has 4 rings (SSSR count). The lowest BCUT2D eigenvalue weighted by Gasteiger charge is -2.13. The molecule has 1 aromatic heterocycles. The third kappa shape index (κ3) is 5.71. The molecule has 0 fully saturated rings. The second kappa shape index (κ2) is 10.5. The fourth-order valence-electron chi connectivity index (χ4n) is 3.65. The van der Waals surface area contributed by atoms with E-state index in [9.17, 15) is 18.0 Å². The molecule has 180 valence electrons. The molecule has 4 aromatic rings. The molecule has 5 nitrogen and oxygen atoms in total. The number of benzene rings is 3. The van der Waals surface area contributed by atoms with Crippen LogP contribution in [0.25, 0.3) is 28.1 Å². The normalized spacial score (nSPS) is 11.8. The van der Waals surface area contributed by atoms with Gasteiger partial charge in [-0.15, -0.1) is 0 Å². The Hall–Kier alpha value is -4.07. The number of imidazole rings is 1. The number of esters is 1. The molecule has 0 unspecified atom stereocenters. The molecule has 0 aliphatic heterocycles. The number of hydrogen-bond donors (Lipinski definition) is 0. The van der Waals surface area contributed by atoms with Crippen molar-refractivity contribution in [3.63, 3.8) is 0 Å². The van der Waals surface area contributed by atoms with E-state index in [4.69, 9.17) is 9.72 Å². The molecule has 0 saturated heterocycles. The van der Waals surface area contributed by atoms with Gasteiger partial charge >= 0.3 is 12.1 Å². The summed E-state index contributed by atoms with van der Waals surface area (Å²) >= 11 is 0. The smallest absolute Gasteiger partial charge is 0.416 e. The number of halogens is 3. The summed E-state index contributed by atoms with van der Waals surface area (Å²) in [6.07, 6.45) is -0.0702. The standard InChI is InChI=1S/C27H23F3N2O3/c1-34-25(33)13-6-3-7-16-35-22-14-15-23-24(18-22)32(26(31-23)19-9-4-2-5-10-19)21-12-8-11-20(17-21)27(28,29)30/h2,4-6,8-15,17-18H,3,7,16H2,1H3. The lowest BCUT2D eigenvalue weighted by atomic mass is 10.1. The van der Waals surface area contributed by atoms with Gasteiger partial charge in [0.15, 0.2) is 0 Å². The van der Waals surface area contributed by atoms with Crippen LogP contribution in [-0.4, -0.2) is 29.2 Å². The van der Waals surface area contributed by atoms with Gasteiger partial charge in [-0.3, -0.25) is 4.57 Å². The highest BCUT2D eigenvalue weighted by Gasteiger charge is 2.31. The number of rotatable bonds is 8. The maximum Gasteiger partial charge on any atom is 0.416 e. The first-order valence-corrected chi connectivity index (χ1v) is 11.0. The Labute approximate surface area is 200 Å². The van der Waals surface area contributed by atoms with Crippen LogP contribution in [0.3, 0.4) is 0 Å². The van der Waals surface area contributed by atoms with Crippen LogP contribution in [0.15, 0.2) is 84.9 Å². The Morgan fingerprint density at radius 1 is 1.03 bits per heavy atom. The lowest BCUT2D eigenvalue weighted by Crippen LogP contribution is -2.06. The molecule has 0 N–H and O–H groups in total. The van der Waals surface area contributed by atoms with Gasteiger partial charge in [0.2, 0.25) is 0 Å². The van der Waals surface area contributed by atoms with E-state index in [-0.39, 0.29) is 0 Å². The highest BCUT2D eigenvalue weighted by Crippen LogP contribution is 2.34. The lowest BCUT2D eigenvalue weighted by molar-refractivity contribution is -0.137. The number of unbranched alkanes of at least 4 members (excludes halogenated alkanes) is 1. The molecule has 0 spiro atoms. The highest BCUT2D eigenvalue weighted by molar-refractivity contribution is 5.84. The number of carbonyl (C=O) groups excluding carboxylic acids is 1. The van der Waals surface area contributed by atoms with E-state index in [1.807, 2.05) is 30.3 Å². The quantitative estimate of drug-likeness (QED) is 0.162. The fourth-order valence-corrected chi connectivity index (χ4v) is 3.65.